The molecule has 20 heavy (non-hydrogen) atoms. The van der Waals surface area contributed by atoms with E-state index in [1.807, 2.05) is 48.5 Å². The Hall–Kier alpha value is -2.24. The van der Waals surface area contributed by atoms with E-state index in [0.717, 1.165) is 11.1 Å². The van der Waals surface area contributed by atoms with Gasteiger partial charge in [-0.15, -0.1) is 0 Å². The second kappa shape index (κ2) is 7.37. The van der Waals surface area contributed by atoms with Crippen LogP contribution in [0.15, 0.2) is 54.6 Å². The van der Waals surface area contributed by atoms with Gasteiger partial charge in [-0.1, -0.05) is 59.8 Å². The quantitative estimate of drug-likeness (QED) is 0.862. The molecule has 1 amide bonds. The maximum absolute atomic E-state index is 11.7. The molecule has 0 fully saturated rings. The van der Waals surface area contributed by atoms with Gasteiger partial charge in [0.25, 0.3) is 0 Å². The van der Waals surface area contributed by atoms with Crippen LogP contribution in [0, 0.1) is 11.8 Å². The van der Waals surface area contributed by atoms with Gasteiger partial charge in [0, 0.05) is 10.6 Å². The van der Waals surface area contributed by atoms with Crippen LogP contribution in [-0.2, 0) is 11.2 Å². The first-order valence-corrected chi connectivity index (χ1v) is 6.67. The van der Waals surface area contributed by atoms with Crippen LogP contribution in [0.25, 0.3) is 0 Å². The number of carbonyl (C=O) groups is 1. The lowest BCUT2D eigenvalue weighted by molar-refractivity contribution is -0.120. The van der Waals surface area contributed by atoms with Crippen LogP contribution in [0.1, 0.15) is 11.1 Å². The maximum atomic E-state index is 11.7. The summed E-state index contributed by atoms with van der Waals surface area (Å²) < 4.78 is 0. The Balaban J connectivity index is 1.82. The van der Waals surface area contributed by atoms with Crippen molar-refractivity contribution >= 4 is 17.5 Å². The predicted octanol–water partition coefficient (Wildman–Crippen LogP) is 3.05. The van der Waals surface area contributed by atoms with E-state index in [1.54, 1.807) is 6.07 Å². The summed E-state index contributed by atoms with van der Waals surface area (Å²) in [6.07, 6.45) is 0.271. The van der Waals surface area contributed by atoms with Crippen LogP contribution < -0.4 is 5.32 Å². The molecule has 1 N–H and O–H groups in total. The number of benzene rings is 2. The summed E-state index contributed by atoms with van der Waals surface area (Å²) in [5, 5.41) is 3.37. The van der Waals surface area contributed by atoms with Crippen LogP contribution in [0.3, 0.4) is 0 Å². The zero-order valence-corrected chi connectivity index (χ0v) is 11.7. The highest BCUT2D eigenvalue weighted by atomic mass is 35.5. The third kappa shape index (κ3) is 4.46. The normalized spacial score (nSPS) is 9.45. The van der Waals surface area contributed by atoms with Crippen molar-refractivity contribution in [3.63, 3.8) is 0 Å². The highest BCUT2D eigenvalue weighted by Crippen LogP contribution is 2.14. The zero-order valence-electron chi connectivity index (χ0n) is 10.9. The number of halogens is 1. The minimum absolute atomic E-state index is 0.0829. The minimum Gasteiger partial charge on any atom is -0.345 e. The average molecular weight is 284 g/mol. The topological polar surface area (TPSA) is 29.1 Å². The number of nitrogens with one attached hydrogen (secondary N) is 1. The largest absolute Gasteiger partial charge is 0.345 e. The lowest BCUT2D eigenvalue weighted by Crippen LogP contribution is -2.25. The molecule has 0 atom stereocenters. The van der Waals surface area contributed by atoms with Gasteiger partial charge in [-0.3, -0.25) is 4.79 Å². The van der Waals surface area contributed by atoms with E-state index in [-0.39, 0.29) is 12.3 Å². The van der Waals surface area contributed by atoms with Crippen LogP contribution >= 0.6 is 11.6 Å². The molecule has 0 bridgehead atoms. The van der Waals surface area contributed by atoms with E-state index in [1.165, 1.54) is 0 Å². The molecule has 0 unspecified atom stereocenters. The predicted molar refractivity (Wildman–Crippen MR) is 81.5 cm³/mol. The van der Waals surface area contributed by atoms with Gasteiger partial charge < -0.3 is 5.32 Å². The van der Waals surface area contributed by atoms with Crippen molar-refractivity contribution in [3.05, 3.63) is 70.7 Å². The van der Waals surface area contributed by atoms with Crippen molar-refractivity contribution in [2.45, 2.75) is 6.42 Å². The smallest absolute Gasteiger partial charge is 0.225 e. The van der Waals surface area contributed by atoms with E-state index < -0.39 is 0 Å². The molecule has 0 saturated heterocycles. The Kier molecular flexibility index (Phi) is 5.23. The van der Waals surface area contributed by atoms with Crippen LogP contribution in [0.5, 0.6) is 0 Å². The van der Waals surface area contributed by atoms with Gasteiger partial charge in [0.1, 0.15) is 0 Å². The summed E-state index contributed by atoms with van der Waals surface area (Å²) in [5.41, 5.74) is 1.76. The Labute approximate surface area is 123 Å². The second-order valence-corrected chi connectivity index (χ2v) is 4.62. The zero-order chi connectivity index (χ0) is 14.2. The third-order valence-electron chi connectivity index (χ3n) is 2.69. The summed E-state index contributed by atoms with van der Waals surface area (Å²) in [6.45, 7) is 0.332. The molecule has 2 aromatic rings. The lowest BCUT2D eigenvalue weighted by atomic mass is 10.1. The molecule has 0 radical (unpaired) electrons. The Morgan fingerprint density at radius 2 is 1.75 bits per heavy atom. The number of carbonyl (C=O) groups excluding carboxylic acids is 1. The van der Waals surface area contributed by atoms with Crippen molar-refractivity contribution in [1.82, 2.24) is 5.32 Å². The fourth-order valence-corrected chi connectivity index (χ4v) is 1.89. The van der Waals surface area contributed by atoms with Crippen molar-refractivity contribution in [2.75, 3.05) is 6.54 Å². The molecule has 0 heterocycles. The molecule has 2 aromatic carbocycles. The van der Waals surface area contributed by atoms with Gasteiger partial charge in [0.15, 0.2) is 0 Å². The summed E-state index contributed by atoms with van der Waals surface area (Å²) >= 11 is 6.00. The lowest BCUT2D eigenvalue weighted by Gasteiger charge is -2.03. The van der Waals surface area contributed by atoms with Gasteiger partial charge in [0.2, 0.25) is 5.91 Å². The second-order valence-electron chi connectivity index (χ2n) is 4.21. The minimum atomic E-state index is -0.0829. The highest BCUT2D eigenvalue weighted by Gasteiger charge is 2.04. The molecule has 0 aliphatic carbocycles. The van der Waals surface area contributed by atoms with Gasteiger partial charge in [-0.25, -0.2) is 0 Å². The van der Waals surface area contributed by atoms with Crippen LogP contribution in [0.4, 0.5) is 0 Å². The number of amides is 1. The van der Waals surface area contributed by atoms with Gasteiger partial charge >= 0.3 is 0 Å². The Bertz CT molecular complexity index is 641. The number of hydrogen-bond donors (Lipinski definition) is 1. The van der Waals surface area contributed by atoms with E-state index in [4.69, 9.17) is 11.6 Å². The number of hydrogen-bond acceptors (Lipinski definition) is 1. The summed E-state index contributed by atoms with van der Waals surface area (Å²) in [4.78, 5) is 11.7. The molecule has 0 spiro atoms. The van der Waals surface area contributed by atoms with E-state index in [2.05, 4.69) is 17.2 Å². The molecular formula is C17H14ClNO. The van der Waals surface area contributed by atoms with Crippen molar-refractivity contribution in [3.8, 4) is 11.8 Å². The first-order chi connectivity index (χ1) is 9.75. The van der Waals surface area contributed by atoms with Crippen LogP contribution in [0.2, 0.25) is 5.02 Å². The monoisotopic (exact) mass is 283 g/mol. The highest BCUT2D eigenvalue weighted by molar-refractivity contribution is 6.31. The molecule has 100 valence electrons. The first-order valence-electron chi connectivity index (χ1n) is 6.30. The molecule has 2 nitrogen and oxygen atoms in total. The number of rotatable bonds is 3. The molecule has 0 aliphatic rings. The van der Waals surface area contributed by atoms with Crippen molar-refractivity contribution in [1.29, 1.82) is 0 Å². The molecule has 0 aromatic heterocycles. The van der Waals surface area contributed by atoms with Gasteiger partial charge in [-0.05, 0) is 23.8 Å². The summed E-state index contributed by atoms with van der Waals surface area (Å²) in [5.74, 6) is 5.82. The maximum Gasteiger partial charge on any atom is 0.225 e. The van der Waals surface area contributed by atoms with E-state index >= 15 is 0 Å². The molecule has 0 saturated carbocycles. The molecule has 0 aliphatic heterocycles. The fraction of sp³-hybridized carbons (Fsp3) is 0.118. The third-order valence-corrected chi connectivity index (χ3v) is 3.06. The van der Waals surface area contributed by atoms with E-state index in [0.29, 0.717) is 11.6 Å². The summed E-state index contributed by atoms with van der Waals surface area (Å²) in [7, 11) is 0. The Morgan fingerprint density at radius 3 is 2.50 bits per heavy atom. The first kappa shape index (κ1) is 14.2. The fourth-order valence-electron chi connectivity index (χ4n) is 1.69. The van der Waals surface area contributed by atoms with Gasteiger partial charge in [0.05, 0.1) is 13.0 Å². The molecule has 3 heteroatoms. The van der Waals surface area contributed by atoms with E-state index in [9.17, 15) is 4.79 Å². The SMILES string of the molecule is O=C(Cc1ccccc1Cl)NCC#Cc1ccccc1. The average Bonchev–Trinajstić information content (AvgIpc) is 2.47. The van der Waals surface area contributed by atoms with Crippen LogP contribution in [-0.4, -0.2) is 12.5 Å². The standard InChI is InChI=1S/C17H14ClNO/c18-16-11-5-4-10-15(16)13-17(20)19-12-6-9-14-7-2-1-3-8-14/h1-5,7-8,10-11H,12-13H2,(H,19,20). The molecule has 2 rings (SSSR count). The van der Waals surface area contributed by atoms with Gasteiger partial charge in [-0.2, -0.15) is 0 Å². The molecular weight excluding hydrogens is 270 g/mol. The Morgan fingerprint density at radius 1 is 1.05 bits per heavy atom. The summed E-state index contributed by atoms with van der Waals surface area (Å²) in [6, 6.07) is 17.0. The van der Waals surface area contributed by atoms with Crippen molar-refractivity contribution < 1.29 is 4.79 Å². The van der Waals surface area contributed by atoms with Crippen molar-refractivity contribution in [2.24, 2.45) is 0 Å².